The predicted octanol–water partition coefficient (Wildman–Crippen LogP) is 4.12. The Labute approximate surface area is 139 Å². The largest absolute Gasteiger partial charge is 0.412 e. The lowest BCUT2D eigenvalue weighted by molar-refractivity contribution is 0.824. The molecule has 4 rings (SSSR count). The Kier molecular flexibility index (Phi) is 5.11. The zero-order valence-corrected chi connectivity index (χ0v) is 13.0. The van der Waals surface area contributed by atoms with E-state index in [4.69, 9.17) is 4.98 Å². The smallest absolute Gasteiger partial charge is 0.130 e. The summed E-state index contributed by atoms with van der Waals surface area (Å²) in [6.07, 6.45) is 1.79. The topological polar surface area (TPSA) is 69.3 Å². The summed E-state index contributed by atoms with van der Waals surface area (Å²) in [5.74, 6) is 0.832. The molecule has 0 aliphatic heterocycles. The maximum absolute atomic E-state index is 4.72. The summed E-state index contributed by atoms with van der Waals surface area (Å²) in [5, 5.41) is 5.64. The minimum atomic E-state index is 0. The van der Waals surface area contributed by atoms with Crippen molar-refractivity contribution in [1.82, 2.24) is 9.97 Å². The fourth-order valence-electron chi connectivity index (χ4n) is 2.54. The normalized spacial score (nSPS) is 9.91. The van der Waals surface area contributed by atoms with Gasteiger partial charge in [-0.1, -0.05) is 42.5 Å². The molecule has 4 aromatic rings. The average molecular weight is 326 g/mol. The molecular formula is C18H16ClN3O. The molecule has 0 radical (unpaired) electrons. The molecule has 0 saturated heterocycles. The molecule has 2 heterocycles. The van der Waals surface area contributed by atoms with Crippen molar-refractivity contribution in [2.24, 2.45) is 0 Å². The van der Waals surface area contributed by atoms with Crippen LogP contribution in [0.2, 0.25) is 0 Å². The molecule has 0 spiro atoms. The van der Waals surface area contributed by atoms with Gasteiger partial charge in [-0.2, -0.15) is 0 Å². The predicted molar refractivity (Wildman–Crippen MR) is 97.6 cm³/mol. The molecule has 3 N–H and O–H groups in total. The van der Waals surface area contributed by atoms with Crippen molar-refractivity contribution in [1.29, 1.82) is 0 Å². The second-order valence-electron chi connectivity index (χ2n) is 4.86. The molecule has 116 valence electrons. The van der Waals surface area contributed by atoms with Gasteiger partial charge in [-0.15, -0.1) is 12.4 Å². The molecule has 0 aliphatic rings. The summed E-state index contributed by atoms with van der Waals surface area (Å²) in [5.41, 5.74) is 3.01. The summed E-state index contributed by atoms with van der Waals surface area (Å²) in [6, 6.07) is 22.2. The molecule has 0 amide bonds. The van der Waals surface area contributed by atoms with Gasteiger partial charge in [0.15, 0.2) is 0 Å². The fourth-order valence-corrected chi connectivity index (χ4v) is 2.54. The third kappa shape index (κ3) is 3.08. The first-order chi connectivity index (χ1) is 10.4. The van der Waals surface area contributed by atoms with E-state index in [1.165, 1.54) is 0 Å². The van der Waals surface area contributed by atoms with Crippen molar-refractivity contribution in [3.8, 4) is 0 Å². The Hall–Kier alpha value is -2.69. The number of nitrogens with one attached hydrogen (secondary N) is 1. The first kappa shape index (κ1) is 16.7. The van der Waals surface area contributed by atoms with Gasteiger partial charge in [-0.05, 0) is 24.3 Å². The van der Waals surface area contributed by atoms with Crippen LogP contribution >= 0.6 is 12.4 Å². The van der Waals surface area contributed by atoms with E-state index in [0.29, 0.717) is 0 Å². The molecule has 0 unspecified atom stereocenters. The third-order valence-electron chi connectivity index (χ3n) is 3.51. The van der Waals surface area contributed by atoms with Crippen molar-refractivity contribution in [2.45, 2.75) is 0 Å². The Morgan fingerprint density at radius 3 is 1.83 bits per heavy atom. The first-order valence-electron chi connectivity index (χ1n) is 6.87. The number of para-hydroxylation sites is 2. The molecule has 2 aromatic heterocycles. The summed E-state index contributed by atoms with van der Waals surface area (Å²) < 4.78 is 0. The quantitative estimate of drug-likeness (QED) is 0.563. The number of rotatable bonds is 2. The van der Waals surface area contributed by atoms with Gasteiger partial charge in [0.2, 0.25) is 0 Å². The molecule has 5 heteroatoms. The fraction of sp³-hybridized carbons (Fsp3) is 0. The SMILES string of the molecule is Cl.O.c1ccc(Nc2c3ccccc3nc3ccccc23)nc1. The summed E-state index contributed by atoms with van der Waals surface area (Å²) in [6.45, 7) is 0. The average Bonchev–Trinajstić information content (AvgIpc) is 2.55. The van der Waals surface area contributed by atoms with Gasteiger partial charge >= 0.3 is 0 Å². The standard InChI is InChI=1S/C18H13N3.ClH.H2O/c1-3-9-15-13(7-1)18(21-17-11-5-6-12-19-17)14-8-2-4-10-16(14)20-15;;/h1-12H,(H,19,20,21);1H;1H2. The number of hydrogen-bond acceptors (Lipinski definition) is 3. The molecule has 0 bridgehead atoms. The number of aromatic nitrogens is 2. The van der Waals surface area contributed by atoms with Crippen molar-refractivity contribution in [3.63, 3.8) is 0 Å². The molecular weight excluding hydrogens is 310 g/mol. The monoisotopic (exact) mass is 325 g/mol. The molecule has 0 aliphatic carbocycles. The Morgan fingerprint density at radius 2 is 1.26 bits per heavy atom. The van der Waals surface area contributed by atoms with Crippen molar-refractivity contribution in [3.05, 3.63) is 72.9 Å². The maximum atomic E-state index is 4.72. The summed E-state index contributed by atoms with van der Waals surface area (Å²) >= 11 is 0. The van der Waals surface area contributed by atoms with Gasteiger partial charge in [0.05, 0.1) is 16.7 Å². The lowest BCUT2D eigenvalue weighted by Crippen LogP contribution is -1.96. The zero-order chi connectivity index (χ0) is 14.1. The number of benzene rings is 2. The third-order valence-corrected chi connectivity index (χ3v) is 3.51. The number of fused-ring (bicyclic) bond motifs is 2. The highest BCUT2D eigenvalue weighted by atomic mass is 35.5. The number of anilines is 2. The van der Waals surface area contributed by atoms with E-state index < -0.39 is 0 Å². The van der Waals surface area contributed by atoms with Crippen LogP contribution in [0.15, 0.2) is 72.9 Å². The molecule has 2 aromatic carbocycles. The Morgan fingerprint density at radius 1 is 0.696 bits per heavy atom. The van der Waals surface area contributed by atoms with Gasteiger partial charge in [-0.25, -0.2) is 9.97 Å². The van der Waals surface area contributed by atoms with Gasteiger partial charge in [-0.3, -0.25) is 0 Å². The van der Waals surface area contributed by atoms with Crippen molar-refractivity contribution in [2.75, 3.05) is 5.32 Å². The van der Waals surface area contributed by atoms with Gasteiger partial charge in [0, 0.05) is 17.0 Å². The van der Waals surface area contributed by atoms with Crippen LogP contribution in [0.1, 0.15) is 0 Å². The maximum Gasteiger partial charge on any atom is 0.130 e. The van der Waals surface area contributed by atoms with E-state index >= 15 is 0 Å². The first-order valence-corrected chi connectivity index (χ1v) is 6.87. The van der Waals surface area contributed by atoms with Crippen LogP contribution in [0.4, 0.5) is 11.5 Å². The van der Waals surface area contributed by atoms with E-state index in [2.05, 4.69) is 22.4 Å². The number of halogens is 1. The van der Waals surface area contributed by atoms with Crippen LogP contribution in [0.3, 0.4) is 0 Å². The van der Waals surface area contributed by atoms with E-state index in [1.807, 2.05) is 54.6 Å². The van der Waals surface area contributed by atoms with Crippen LogP contribution in [0, 0.1) is 0 Å². The van der Waals surface area contributed by atoms with Gasteiger partial charge in [0.1, 0.15) is 5.82 Å². The molecule has 0 saturated carbocycles. The van der Waals surface area contributed by atoms with Crippen LogP contribution < -0.4 is 5.32 Å². The number of nitrogens with zero attached hydrogens (tertiary/aromatic N) is 2. The van der Waals surface area contributed by atoms with Crippen LogP contribution in [0.5, 0.6) is 0 Å². The molecule has 0 atom stereocenters. The number of hydrogen-bond donors (Lipinski definition) is 1. The highest BCUT2D eigenvalue weighted by Crippen LogP contribution is 2.32. The lowest BCUT2D eigenvalue weighted by atomic mass is 10.1. The minimum Gasteiger partial charge on any atom is -0.412 e. The van der Waals surface area contributed by atoms with E-state index in [1.54, 1.807) is 6.20 Å². The van der Waals surface area contributed by atoms with Crippen LogP contribution in [0.25, 0.3) is 21.8 Å². The molecule has 23 heavy (non-hydrogen) atoms. The second-order valence-corrected chi connectivity index (χ2v) is 4.86. The summed E-state index contributed by atoms with van der Waals surface area (Å²) in [4.78, 5) is 9.08. The lowest BCUT2D eigenvalue weighted by Gasteiger charge is -2.12. The number of pyridine rings is 2. The highest BCUT2D eigenvalue weighted by Gasteiger charge is 2.08. The minimum absolute atomic E-state index is 0. The Bertz CT molecular complexity index is 875. The second kappa shape index (κ2) is 7.05. The zero-order valence-electron chi connectivity index (χ0n) is 12.2. The van der Waals surface area contributed by atoms with E-state index in [9.17, 15) is 0 Å². The summed E-state index contributed by atoms with van der Waals surface area (Å²) in [7, 11) is 0. The van der Waals surface area contributed by atoms with E-state index in [0.717, 1.165) is 33.3 Å². The molecule has 4 nitrogen and oxygen atoms in total. The van der Waals surface area contributed by atoms with Crippen LogP contribution in [-0.2, 0) is 0 Å². The van der Waals surface area contributed by atoms with Gasteiger partial charge in [0.25, 0.3) is 0 Å². The Balaban J connectivity index is 0.000000960. The van der Waals surface area contributed by atoms with Crippen molar-refractivity contribution < 1.29 is 5.48 Å². The van der Waals surface area contributed by atoms with Crippen LogP contribution in [-0.4, -0.2) is 15.4 Å². The highest BCUT2D eigenvalue weighted by molar-refractivity contribution is 6.08. The van der Waals surface area contributed by atoms with E-state index in [-0.39, 0.29) is 17.9 Å². The van der Waals surface area contributed by atoms with Crippen molar-refractivity contribution >= 4 is 45.7 Å². The van der Waals surface area contributed by atoms with Gasteiger partial charge < -0.3 is 10.8 Å². The molecule has 0 fully saturated rings.